The molecule has 1 aliphatic carbocycles. The second-order valence-corrected chi connectivity index (χ2v) is 7.65. The van der Waals surface area contributed by atoms with E-state index in [9.17, 15) is 10.0 Å². The molecule has 23 heavy (non-hydrogen) atoms. The molecule has 2 aromatic rings. The fourth-order valence-corrected chi connectivity index (χ4v) is 5.13. The van der Waals surface area contributed by atoms with Gasteiger partial charge in [-0.3, -0.25) is 4.79 Å². The fraction of sp³-hybridized carbons (Fsp3) is 0.526. The molecule has 4 heteroatoms. The molecule has 0 radical (unpaired) electrons. The molecule has 3 aliphatic heterocycles. The Morgan fingerprint density at radius 1 is 1.13 bits per heavy atom. The lowest BCUT2D eigenvalue weighted by atomic mass is 9.82. The molecular formula is C19H22N2O2. The molecule has 4 heterocycles. The van der Waals surface area contributed by atoms with Gasteiger partial charge in [0.1, 0.15) is 0 Å². The number of rotatable bonds is 1. The van der Waals surface area contributed by atoms with E-state index in [4.69, 9.17) is 0 Å². The largest absolute Gasteiger partial charge is 0.633 e. The summed E-state index contributed by atoms with van der Waals surface area (Å²) in [5.74, 6) is 0.498. The van der Waals surface area contributed by atoms with Crippen LogP contribution in [0.5, 0.6) is 0 Å². The summed E-state index contributed by atoms with van der Waals surface area (Å²) >= 11 is 0. The van der Waals surface area contributed by atoms with Crippen molar-refractivity contribution in [3.8, 4) is 0 Å². The lowest BCUT2D eigenvalue weighted by Gasteiger charge is -2.55. The van der Waals surface area contributed by atoms with Crippen molar-refractivity contribution in [1.29, 1.82) is 0 Å². The van der Waals surface area contributed by atoms with Crippen LogP contribution in [0.3, 0.4) is 0 Å². The van der Waals surface area contributed by atoms with Crippen molar-refractivity contribution in [2.24, 2.45) is 5.92 Å². The number of hydroxylamine groups is 3. The van der Waals surface area contributed by atoms with Crippen molar-refractivity contribution in [2.75, 3.05) is 19.6 Å². The van der Waals surface area contributed by atoms with Crippen molar-refractivity contribution in [2.45, 2.75) is 38.1 Å². The first kappa shape index (κ1) is 13.8. The van der Waals surface area contributed by atoms with Crippen molar-refractivity contribution in [3.63, 3.8) is 0 Å². The lowest BCUT2D eigenvalue weighted by molar-refractivity contribution is -0.900. The van der Waals surface area contributed by atoms with Gasteiger partial charge < -0.3 is 14.4 Å². The van der Waals surface area contributed by atoms with E-state index in [0.717, 1.165) is 50.6 Å². The van der Waals surface area contributed by atoms with E-state index in [0.29, 0.717) is 12.5 Å². The second-order valence-electron chi connectivity index (χ2n) is 7.65. The maximum absolute atomic E-state index is 13.1. The average Bonchev–Trinajstić information content (AvgIpc) is 2.58. The van der Waals surface area contributed by atoms with Crippen LogP contribution in [0.4, 0.5) is 0 Å². The number of benzene rings is 1. The molecule has 1 aromatic carbocycles. The van der Waals surface area contributed by atoms with Crippen LogP contribution in [0.25, 0.3) is 10.8 Å². The first-order valence-electron chi connectivity index (χ1n) is 8.87. The minimum atomic E-state index is -0.0962. The Kier molecular flexibility index (Phi) is 2.80. The minimum absolute atomic E-state index is 0.0914. The highest BCUT2D eigenvalue weighted by Crippen LogP contribution is 2.40. The zero-order valence-corrected chi connectivity index (χ0v) is 13.3. The molecule has 2 bridgehead atoms. The number of nitrogens with zero attached hydrogens (tertiary/aromatic N) is 2. The molecule has 3 fully saturated rings. The van der Waals surface area contributed by atoms with Gasteiger partial charge in [0.05, 0.1) is 25.7 Å². The maximum Gasteiger partial charge on any atom is 0.258 e. The highest BCUT2D eigenvalue weighted by atomic mass is 16.5. The number of pyridine rings is 1. The van der Waals surface area contributed by atoms with Crippen LogP contribution < -0.4 is 5.56 Å². The van der Waals surface area contributed by atoms with Crippen LogP contribution in [-0.2, 0) is 12.8 Å². The SMILES string of the molecule is O=c1c2cccc3c2c(cn1C1C[N+]2([O-])CCC1CC2)CCC3. The standard InChI is InChI=1S/C19H22N2O2/c22-19-16-6-2-4-14-3-1-5-15(18(14)16)11-20(19)17-12-21(23)9-7-13(17)8-10-21/h2,4,6,11,13,17H,1,3,5,7-10,12H2. The molecule has 1 aromatic heterocycles. The van der Waals surface area contributed by atoms with Gasteiger partial charge in [-0.25, -0.2) is 0 Å². The average molecular weight is 310 g/mol. The van der Waals surface area contributed by atoms with E-state index < -0.39 is 0 Å². The predicted molar refractivity (Wildman–Crippen MR) is 90.2 cm³/mol. The van der Waals surface area contributed by atoms with Gasteiger partial charge in [-0.2, -0.15) is 0 Å². The van der Waals surface area contributed by atoms with E-state index >= 15 is 0 Å². The van der Waals surface area contributed by atoms with Crippen LogP contribution in [0.2, 0.25) is 0 Å². The van der Waals surface area contributed by atoms with Crippen molar-refractivity contribution in [1.82, 2.24) is 4.57 Å². The summed E-state index contributed by atoms with van der Waals surface area (Å²) in [5.41, 5.74) is 2.72. The third-order valence-electron chi connectivity index (χ3n) is 6.36. The second kappa shape index (κ2) is 4.68. The van der Waals surface area contributed by atoms with Crippen molar-refractivity contribution < 1.29 is 4.65 Å². The summed E-state index contributed by atoms with van der Waals surface area (Å²) in [6.45, 7) is 2.05. The molecule has 0 spiro atoms. The topological polar surface area (TPSA) is 45.1 Å². The van der Waals surface area contributed by atoms with Crippen LogP contribution >= 0.6 is 0 Å². The van der Waals surface area contributed by atoms with E-state index in [1.165, 1.54) is 16.5 Å². The molecular weight excluding hydrogens is 288 g/mol. The Labute approximate surface area is 135 Å². The highest BCUT2D eigenvalue weighted by molar-refractivity contribution is 5.88. The van der Waals surface area contributed by atoms with Crippen molar-refractivity contribution in [3.05, 3.63) is 51.1 Å². The lowest BCUT2D eigenvalue weighted by Crippen LogP contribution is -2.59. The fourth-order valence-electron chi connectivity index (χ4n) is 5.13. The van der Waals surface area contributed by atoms with Gasteiger partial charge in [0, 0.05) is 24.4 Å². The molecule has 0 saturated carbocycles. The monoisotopic (exact) mass is 310 g/mol. The highest BCUT2D eigenvalue weighted by Gasteiger charge is 2.42. The minimum Gasteiger partial charge on any atom is -0.633 e. The van der Waals surface area contributed by atoms with Gasteiger partial charge in [0.15, 0.2) is 0 Å². The summed E-state index contributed by atoms with van der Waals surface area (Å²) in [7, 11) is 0. The molecule has 3 saturated heterocycles. The zero-order chi connectivity index (χ0) is 15.6. The molecule has 4 aliphatic rings. The normalized spacial score (nSPS) is 32.4. The Morgan fingerprint density at radius 2 is 1.91 bits per heavy atom. The molecule has 120 valence electrons. The Balaban J connectivity index is 1.72. The van der Waals surface area contributed by atoms with E-state index in [-0.39, 0.29) is 16.2 Å². The summed E-state index contributed by atoms with van der Waals surface area (Å²) in [6, 6.07) is 6.22. The van der Waals surface area contributed by atoms with E-state index in [1.54, 1.807) is 0 Å². The van der Waals surface area contributed by atoms with Crippen LogP contribution in [0, 0.1) is 11.1 Å². The molecule has 1 unspecified atom stereocenters. The quantitative estimate of drug-likeness (QED) is 0.600. The van der Waals surface area contributed by atoms with Crippen LogP contribution in [0.15, 0.2) is 29.2 Å². The Morgan fingerprint density at radius 3 is 2.70 bits per heavy atom. The summed E-state index contributed by atoms with van der Waals surface area (Å²) in [4.78, 5) is 13.1. The van der Waals surface area contributed by atoms with Gasteiger partial charge in [0.25, 0.3) is 5.56 Å². The van der Waals surface area contributed by atoms with Gasteiger partial charge >= 0.3 is 0 Å². The van der Waals surface area contributed by atoms with Crippen LogP contribution in [0.1, 0.15) is 36.4 Å². The van der Waals surface area contributed by atoms with E-state index in [2.05, 4.69) is 12.3 Å². The Bertz CT molecular complexity index is 846. The van der Waals surface area contributed by atoms with Crippen molar-refractivity contribution >= 4 is 10.8 Å². The summed E-state index contributed by atoms with van der Waals surface area (Å²) < 4.78 is 1.83. The van der Waals surface area contributed by atoms with Gasteiger partial charge in [-0.15, -0.1) is 0 Å². The third-order valence-corrected chi connectivity index (χ3v) is 6.36. The number of aryl methyl sites for hydroxylation is 2. The zero-order valence-electron chi connectivity index (χ0n) is 13.3. The first-order chi connectivity index (χ1) is 11.1. The molecule has 0 N–H and O–H groups in total. The number of piperidine rings is 3. The number of fused-ring (bicyclic) bond motifs is 3. The van der Waals surface area contributed by atoms with Gasteiger partial charge in [-0.1, -0.05) is 12.1 Å². The summed E-state index contributed by atoms with van der Waals surface area (Å²) in [5, 5.41) is 14.8. The summed E-state index contributed by atoms with van der Waals surface area (Å²) in [6.07, 6.45) is 7.29. The van der Waals surface area contributed by atoms with Gasteiger partial charge in [-0.05, 0) is 47.8 Å². The maximum atomic E-state index is 13.1. The van der Waals surface area contributed by atoms with Gasteiger partial charge in [0.2, 0.25) is 0 Å². The number of hydrogen-bond donors (Lipinski definition) is 0. The molecule has 1 atom stereocenters. The third kappa shape index (κ3) is 1.95. The molecule has 4 nitrogen and oxygen atoms in total. The number of aromatic nitrogens is 1. The predicted octanol–water partition coefficient (Wildman–Crippen LogP) is 2.77. The number of quaternary nitrogens is 1. The van der Waals surface area contributed by atoms with Crippen LogP contribution in [-0.4, -0.2) is 28.8 Å². The molecule has 6 rings (SSSR count). The molecule has 0 amide bonds. The van der Waals surface area contributed by atoms with E-state index in [1.807, 2.05) is 16.7 Å². The number of hydrogen-bond acceptors (Lipinski definition) is 2. The smallest absolute Gasteiger partial charge is 0.258 e. The first-order valence-corrected chi connectivity index (χ1v) is 8.87. The Hall–Kier alpha value is -1.65.